The molecular weight excluding hydrogens is 282 g/mol. The van der Waals surface area contributed by atoms with E-state index in [2.05, 4.69) is 16.3 Å². The molecule has 0 bridgehead atoms. The van der Waals surface area contributed by atoms with Crippen LogP contribution in [0.5, 0.6) is 0 Å². The van der Waals surface area contributed by atoms with E-state index in [1.54, 1.807) is 12.1 Å². The van der Waals surface area contributed by atoms with Gasteiger partial charge in [0.1, 0.15) is 4.90 Å². The number of thioether (sulfide) groups is 1. The zero-order valence-electron chi connectivity index (χ0n) is 11.1. The van der Waals surface area contributed by atoms with E-state index in [1.807, 2.05) is 11.8 Å². The molecule has 0 aliphatic heterocycles. The normalized spacial score (nSPS) is 17.2. The summed E-state index contributed by atoms with van der Waals surface area (Å²) in [6.07, 6.45) is 4.43. The van der Waals surface area contributed by atoms with E-state index in [0.29, 0.717) is 11.4 Å². The van der Waals surface area contributed by atoms with Crippen molar-refractivity contribution in [3.05, 3.63) is 18.2 Å². The summed E-state index contributed by atoms with van der Waals surface area (Å²) in [5.74, 6) is 0. The number of nitrogens with one attached hydrogen (secondary N) is 2. The predicted molar refractivity (Wildman–Crippen MR) is 81.1 cm³/mol. The van der Waals surface area contributed by atoms with Gasteiger partial charge in [-0.05, 0) is 44.3 Å². The highest BCUT2D eigenvalue weighted by Crippen LogP contribution is 2.47. The molecule has 1 saturated carbocycles. The van der Waals surface area contributed by atoms with Gasteiger partial charge in [-0.25, -0.2) is 13.1 Å². The summed E-state index contributed by atoms with van der Waals surface area (Å²) in [5.41, 5.74) is 6.71. The smallest absolute Gasteiger partial charge is 0.242 e. The topological polar surface area (TPSA) is 84.2 Å². The highest BCUT2D eigenvalue weighted by Gasteiger charge is 2.41. The SMILES string of the molecule is CNS(=O)(=O)c1cc(N)ccc1NCC1(SC)CC1. The Balaban J connectivity index is 2.25. The Morgan fingerprint density at radius 2 is 2.11 bits per heavy atom. The molecule has 4 N–H and O–H groups in total. The van der Waals surface area contributed by atoms with Crippen LogP contribution in [-0.2, 0) is 10.0 Å². The molecule has 0 aromatic heterocycles. The predicted octanol–water partition coefficient (Wildman–Crippen LogP) is 1.48. The molecule has 0 saturated heterocycles. The lowest BCUT2D eigenvalue weighted by atomic mass is 10.2. The average Bonchev–Trinajstić information content (AvgIpc) is 3.18. The molecule has 0 atom stereocenters. The van der Waals surface area contributed by atoms with Crippen molar-refractivity contribution in [1.82, 2.24) is 4.72 Å². The van der Waals surface area contributed by atoms with Gasteiger partial charge in [0, 0.05) is 17.0 Å². The van der Waals surface area contributed by atoms with Gasteiger partial charge < -0.3 is 11.1 Å². The van der Waals surface area contributed by atoms with E-state index in [0.717, 1.165) is 6.54 Å². The minimum absolute atomic E-state index is 0.201. The van der Waals surface area contributed by atoms with E-state index in [4.69, 9.17) is 5.73 Å². The number of sulfonamides is 1. The van der Waals surface area contributed by atoms with Crippen molar-refractivity contribution in [3.8, 4) is 0 Å². The first-order valence-electron chi connectivity index (χ1n) is 6.04. The molecule has 1 fully saturated rings. The Labute approximate surface area is 118 Å². The Hall–Kier alpha value is -0.920. The number of nitrogen functional groups attached to an aromatic ring is 1. The fourth-order valence-electron chi connectivity index (χ4n) is 1.87. The lowest BCUT2D eigenvalue weighted by Gasteiger charge is -2.17. The largest absolute Gasteiger partial charge is 0.399 e. The van der Waals surface area contributed by atoms with Crippen molar-refractivity contribution in [2.24, 2.45) is 0 Å². The van der Waals surface area contributed by atoms with Crippen LogP contribution in [0, 0.1) is 0 Å². The van der Waals surface area contributed by atoms with Crippen LogP contribution in [0.15, 0.2) is 23.1 Å². The zero-order chi connectivity index (χ0) is 14.1. The van der Waals surface area contributed by atoms with Crippen LogP contribution in [0.2, 0.25) is 0 Å². The first kappa shape index (κ1) is 14.5. The summed E-state index contributed by atoms with van der Waals surface area (Å²) in [5, 5.41) is 3.24. The minimum Gasteiger partial charge on any atom is -0.399 e. The van der Waals surface area contributed by atoms with Crippen molar-refractivity contribution >= 4 is 33.2 Å². The van der Waals surface area contributed by atoms with Crippen molar-refractivity contribution in [2.75, 3.05) is 30.9 Å². The minimum atomic E-state index is -3.50. The Bertz CT molecular complexity index is 568. The summed E-state index contributed by atoms with van der Waals surface area (Å²) in [6.45, 7) is 0.768. The number of nitrogens with two attached hydrogens (primary N) is 1. The average molecular weight is 301 g/mol. The fourth-order valence-corrected chi connectivity index (χ4v) is 3.53. The zero-order valence-corrected chi connectivity index (χ0v) is 12.7. The molecule has 5 nitrogen and oxygen atoms in total. The summed E-state index contributed by atoms with van der Waals surface area (Å²) < 4.78 is 26.5. The van der Waals surface area contributed by atoms with Crippen LogP contribution >= 0.6 is 11.8 Å². The second-order valence-electron chi connectivity index (χ2n) is 4.70. The third-order valence-electron chi connectivity index (χ3n) is 3.41. The molecule has 0 heterocycles. The first-order chi connectivity index (χ1) is 8.92. The summed E-state index contributed by atoms with van der Waals surface area (Å²) in [6, 6.07) is 4.90. The Morgan fingerprint density at radius 1 is 1.42 bits per heavy atom. The van der Waals surface area contributed by atoms with Crippen LogP contribution in [0.3, 0.4) is 0 Å². The molecule has 106 valence electrons. The summed E-state index contributed by atoms with van der Waals surface area (Å²) in [4.78, 5) is 0.201. The number of rotatable bonds is 6. The Morgan fingerprint density at radius 3 is 2.63 bits per heavy atom. The van der Waals surface area contributed by atoms with Gasteiger partial charge in [0.05, 0.1) is 5.69 Å². The van der Waals surface area contributed by atoms with Gasteiger partial charge in [0.25, 0.3) is 0 Å². The van der Waals surface area contributed by atoms with Crippen molar-refractivity contribution in [2.45, 2.75) is 22.5 Å². The second kappa shape index (κ2) is 5.22. The van der Waals surface area contributed by atoms with Gasteiger partial charge in [-0.2, -0.15) is 11.8 Å². The lowest BCUT2D eigenvalue weighted by molar-refractivity contribution is 0.588. The summed E-state index contributed by atoms with van der Waals surface area (Å²) >= 11 is 1.83. The highest BCUT2D eigenvalue weighted by atomic mass is 32.2. The molecule has 7 heteroatoms. The molecule has 0 spiro atoms. The number of anilines is 2. The Kier molecular flexibility index (Phi) is 3.98. The van der Waals surface area contributed by atoms with Crippen molar-refractivity contribution < 1.29 is 8.42 Å². The van der Waals surface area contributed by atoms with Crippen LogP contribution in [0.1, 0.15) is 12.8 Å². The van der Waals surface area contributed by atoms with E-state index >= 15 is 0 Å². The maximum absolute atomic E-state index is 12.0. The van der Waals surface area contributed by atoms with Gasteiger partial charge in [0.2, 0.25) is 10.0 Å². The van der Waals surface area contributed by atoms with Gasteiger partial charge in [-0.3, -0.25) is 0 Å². The van der Waals surface area contributed by atoms with Crippen molar-refractivity contribution in [1.29, 1.82) is 0 Å². The third-order valence-corrected chi connectivity index (χ3v) is 6.28. The van der Waals surface area contributed by atoms with E-state index in [9.17, 15) is 8.42 Å². The third kappa shape index (κ3) is 3.16. The van der Waals surface area contributed by atoms with Crippen LogP contribution in [-0.4, -0.2) is 33.0 Å². The molecule has 1 aromatic carbocycles. The summed E-state index contributed by atoms with van der Waals surface area (Å²) in [7, 11) is -2.11. The molecule has 19 heavy (non-hydrogen) atoms. The molecule has 0 unspecified atom stereocenters. The monoisotopic (exact) mass is 301 g/mol. The molecule has 1 aromatic rings. The highest BCUT2D eigenvalue weighted by molar-refractivity contribution is 8.00. The molecular formula is C12H19N3O2S2. The standard InChI is InChI=1S/C12H19N3O2S2/c1-14-19(16,17)11-7-9(13)3-4-10(11)15-8-12(18-2)5-6-12/h3-4,7,14-15H,5-6,8,13H2,1-2H3. The molecule has 0 amide bonds. The van der Waals surface area contributed by atoms with E-state index in [1.165, 1.54) is 26.0 Å². The number of hydrogen-bond donors (Lipinski definition) is 3. The lowest BCUT2D eigenvalue weighted by Crippen LogP contribution is -2.23. The van der Waals surface area contributed by atoms with Crippen LogP contribution in [0.25, 0.3) is 0 Å². The second-order valence-corrected chi connectivity index (χ2v) is 7.83. The maximum Gasteiger partial charge on any atom is 0.242 e. The van der Waals surface area contributed by atoms with Gasteiger partial charge >= 0.3 is 0 Å². The molecule has 0 radical (unpaired) electrons. The van der Waals surface area contributed by atoms with Crippen molar-refractivity contribution in [3.63, 3.8) is 0 Å². The molecule has 2 rings (SSSR count). The number of hydrogen-bond acceptors (Lipinski definition) is 5. The number of benzene rings is 1. The molecule has 1 aliphatic carbocycles. The van der Waals surface area contributed by atoms with Gasteiger partial charge in [0.15, 0.2) is 0 Å². The van der Waals surface area contributed by atoms with Crippen LogP contribution < -0.4 is 15.8 Å². The van der Waals surface area contributed by atoms with Gasteiger partial charge in [-0.1, -0.05) is 0 Å². The van der Waals surface area contributed by atoms with Crippen LogP contribution in [0.4, 0.5) is 11.4 Å². The van der Waals surface area contributed by atoms with E-state index < -0.39 is 10.0 Å². The molecule has 1 aliphatic rings. The first-order valence-corrected chi connectivity index (χ1v) is 8.75. The fraction of sp³-hybridized carbons (Fsp3) is 0.500. The van der Waals surface area contributed by atoms with Gasteiger partial charge in [-0.15, -0.1) is 0 Å². The maximum atomic E-state index is 12.0. The quantitative estimate of drug-likeness (QED) is 0.693. The van der Waals surface area contributed by atoms with E-state index in [-0.39, 0.29) is 9.64 Å².